The molecule has 2 rings (SSSR count). The van der Waals surface area contributed by atoms with Gasteiger partial charge in [-0.15, -0.1) is 0 Å². The largest absolute Gasteiger partial charge is 0.321 e. The molecule has 2 N–H and O–H groups in total. The SMILES string of the molecule is CC(C)(C)c1nc2n(n1)CCCC2N. The van der Waals surface area contributed by atoms with Gasteiger partial charge in [-0.25, -0.2) is 9.67 Å². The van der Waals surface area contributed by atoms with Crippen LogP contribution in [0.25, 0.3) is 0 Å². The highest BCUT2D eigenvalue weighted by Gasteiger charge is 2.26. The Morgan fingerprint density at radius 2 is 2.14 bits per heavy atom. The number of hydrogen-bond donors (Lipinski definition) is 1. The van der Waals surface area contributed by atoms with Crippen molar-refractivity contribution in [3.8, 4) is 0 Å². The minimum atomic E-state index is 0.0179. The first-order valence-corrected chi connectivity index (χ1v) is 5.19. The molecule has 0 bridgehead atoms. The monoisotopic (exact) mass is 194 g/mol. The fourth-order valence-electron chi connectivity index (χ4n) is 1.70. The standard InChI is InChI=1S/C10H18N4/c1-10(2,3)9-12-8-7(11)5-4-6-14(8)13-9/h7H,4-6,11H2,1-3H3. The normalized spacial score (nSPS) is 22.1. The molecule has 0 spiro atoms. The fourth-order valence-corrected chi connectivity index (χ4v) is 1.70. The van der Waals surface area contributed by atoms with Crippen LogP contribution in [0, 0.1) is 0 Å². The molecular weight excluding hydrogens is 176 g/mol. The smallest absolute Gasteiger partial charge is 0.156 e. The molecule has 1 atom stereocenters. The summed E-state index contributed by atoms with van der Waals surface area (Å²) in [6, 6.07) is 0.0762. The highest BCUT2D eigenvalue weighted by molar-refractivity contribution is 5.07. The van der Waals surface area contributed by atoms with Crippen molar-refractivity contribution in [2.24, 2.45) is 5.73 Å². The van der Waals surface area contributed by atoms with Gasteiger partial charge in [-0.2, -0.15) is 5.10 Å². The average molecular weight is 194 g/mol. The van der Waals surface area contributed by atoms with Crippen molar-refractivity contribution < 1.29 is 0 Å². The Labute approximate surface area is 84.5 Å². The molecule has 1 aliphatic rings. The summed E-state index contributed by atoms with van der Waals surface area (Å²) in [5.41, 5.74) is 6.00. The third kappa shape index (κ3) is 1.54. The predicted molar refractivity (Wildman–Crippen MR) is 54.9 cm³/mol. The first-order valence-electron chi connectivity index (χ1n) is 5.19. The Morgan fingerprint density at radius 3 is 2.71 bits per heavy atom. The molecule has 0 fully saturated rings. The second kappa shape index (κ2) is 3.05. The molecule has 1 aliphatic heterocycles. The van der Waals surface area contributed by atoms with E-state index in [4.69, 9.17) is 5.73 Å². The Kier molecular flexibility index (Phi) is 2.10. The lowest BCUT2D eigenvalue weighted by Gasteiger charge is -2.17. The molecular formula is C10H18N4. The van der Waals surface area contributed by atoms with E-state index in [0.29, 0.717) is 0 Å². The lowest BCUT2D eigenvalue weighted by Crippen LogP contribution is -2.22. The van der Waals surface area contributed by atoms with E-state index in [2.05, 4.69) is 30.9 Å². The third-order valence-corrected chi connectivity index (χ3v) is 2.59. The van der Waals surface area contributed by atoms with Crippen molar-refractivity contribution >= 4 is 0 Å². The Balaban J connectivity index is 2.40. The van der Waals surface area contributed by atoms with Crippen molar-refractivity contribution in [1.29, 1.82) is 0 Å². The molecule has 0 aromatic carbocycles. The zero-order valence-corrected chi connectivity index (χ0v) is 9.12. The van der Waals surface area contributed by atoms with Crippen LogP contribution in [0.3, 0.4) is 0 Å². The van der Waals surface area contributed by atoms with Crippen LogP contribution in [-0.4, -0.2) is 14.8 Å². The summed E-state index contributed by atoms with van der Waals surface area (Å²) < 4.78 is 1.97. The summed E-state index contributed by atoms with van der Waals surface area (Å²) in [6.45, 7) is 7.34. The van der Waals surface area contributed by atoms with Crippen LogP contribution in [-0.2, 0) is 12.0 Å². The van der Waals surface area contributed by atoms with E-state index >= 15 is 0 Å². The van der Waals surface area contributed by atoms with Crippen LogP contribution in [0.4, 0.5) is 0 Å². The number of hydrogen-bond acceptors (Lipinski definition) is 3. The van der Waals surface area contributed by atoms with E-state index in [9.17, 15) is 0 Å². The number of nitrogens with two attached hydrogens (primary N) is 1. The van der Waals surface area contributed by atoms with Gasteiger partial charge in [0.2, 0.25) is 0 Å². The molecule has 4 heteroatoms. The number of aromatic nitrogens is 3. The lowest BCUT2D eigenvalue weighted by molar-refractivity contribution is 0.419. The zero-order chi connectivity index (χ0) is 10.3. The van der Waals surface area contributed by atoms with Crippen molar-refractivity contribution in [3.63, 3.8) is 0 Å². The third-order valence-electron chi connectivity index (χ3n) is 2.59. The van der Waals surface area contributed by atoms with Crippen LogP contribution >= 0.6 is 0 Å². The van der Waals surface area contributed by atoms with Gasteiger partial charge in [-0.05, 0) is 12.8 Å². The van der Waals surface area contributed by atoms with Gasteiger partial charge < -0.3 is 5.73 Å². The Morgan fingerprint density at radius 1 is 1.43 bits per heavy atom. The van der Waals surface area contributed by atoms with Gasteiger partial charge in [0.25, 0.3) is 0 Å². The molecule has 78 valence electrons. The van der Waals surface area contributed by atoms with Gasteiger partial charge in [0.05, 0.1) is 6.04 Å². The second-order valence-electron chi connectivity index (χ2n) is 5.02. The topological polar surface area (TPSA) is 56.7 Å². The van der Waals surface area contributed by atoms with Gasteiger partial charge in [0, 0.05) is 12.0 Å². The predicted octanol–water partition coefficient (Wildman–Crippen LogP) is 1.37. The van der Waals surface area contributed by atoms with E-state index in [1.165, 1.54) is 0 Å². The zero-order valence-electron chi connectivity index (χ0n) is 9.12. The van der Waals surface area contributed by atoms with E-state index in [0.717, 1.165) is 31.0 Å². The highest BCUT2D eigenvalue weighted by Crippen LogP contribution is 2.25. The van der Waals surface area contributed by atoms with E-state index in [1.807, 2.05) is 4.68 Å². The molecule has 0 saturated heterocycles. The number of fused-ring (bicyclic) bond motifs is 1. The Hall–Kier alpha value is -0.900. The first kappa shape index (κ1) is 9.65. The summed E-state index contributed by atoms with van der Waals surface area (Å²) in [5.74, 6) is 1.87. The molecule has 0 radical (unpaired) electrons. The quantitative estimate of drug-likeness (QED) is 0.678. The van der Waals surface area contributed by atoms with Crippen LogP contribution in [0.5, 0.6) is 0 Å². The molecule has 4 nitrogen and oxygen atoms in total. The summed E-state index contributed by atoms with van der Waals surface area (Å²) in [4.78, 5) is 4.53. The van der Waals surface area contributed by atoms with E-state index < -0.39 is 0 Å². The molecule has 2 heterocycles. The van der Waals surface area contributed by atoms with Gasteiger partial charge in [0.15, 0.2) is 5.82 Å². The van der Waals surface area contributed by atoms with Crippen LogP contribution in [0.15, 0.2) is 0 Å². The van der Waals surface area contributed by atoms with Crippen molar-refractivity contribution in [2.45, 2.75) is 51.6 Å². The summed E-state index contributed by atoms with van der Waals surface area (Å²) in [5, 5.41) is 4.50. The maximum Gasteiger partial charge on any atom is 0.156 e. The number of aryl methyl sites for hydroxylation is 1. The fraction of sp³-hybridized carbons (Fsp3) is 0.800. The lowest BCUT2D eigenvalue weighted by atomic mass is 9.96. The van der Waals surface area contributed by atoms with Gasteiger partial charge in [-0.1, -0.05) is 20.8 Å². The molecule has 14 heavy (non-hydrogen) atoms. The van der Waals surface area contributed by atoms with Crippen LogP contribution in [0.1, 0.15) is 51.3 Å². The van der Waals surface area contributed by atoms with Crippen molar-refractivity contribution in [3.05, 3.63) is 11.6 Å². The number of rotatable bonds is 0. The van der Waals surface area contributed by atoms with Crippen LogP contribution < -0.4 is 5.73 Å². The van der Waals surface area contributed by atoms with Crippen molar-refractivity contribution in [1.82, 2.24) is 14.8 Å². The Bertz CT molecular complexity index is 334. The minimum absolute atomic E-state index is 0.0179. The average Bonchev–Trinajstić information content (AvgIpc) is 2.48. The van der Waals surface area contributed by atoms with Gasteiger partial charge in [0.1, 0.15) is 5.82 Å². The van der Waals surface area contributed by atoms with Crippen molar-refractivity contribution in [2.75, 3.05) is 0 Å². The molecule has 1 aromatic rings. The second-order valence-corrected chi connectivity index (χ2v) is 5.02. The van der Waals surface area contributed by atoms with Gasteiger partial charge >= 0.3 is 0 Å². The van der Waals surface area contributed by atoms with E-state index in [-0.39, 0.29) is 11.5 Å². The molecule has 1 unspecified atom stereocenters. The van der Waals surface area contributed by atoms with E-state index in [1.54, 1.807) is 0 Å². The summed E-state index contributed by atoms with van der Waals surface area (Å²) in [6.07, 6.45) is 2.14. The maximum atomic E-state index is 5.98. The summed E-state index contributed by atoms with van der Waals surface area (Å²) in [7, 11) is 0. The first-order chi connectivity index (χ1) is 6.48. The molecule has 0 amide bonds. The van der Waals surface area contributed by atoms with Gasteiger partial charge in [-0.3, -0.25) is 0 Å². The maximum absolute atomic E-state index is 5.98. The summed E-state index contributed by atoms with van der Waals surface area (Å²) >= 11 is 0. The highest BCUT2D eigenvalue weighted by atomic mass is 15.4. The number of nitrogens with zero attached hydrogens (tertiary/aromatic N) is 3. The minimum Gasteiger partial charge on any atom is -0.321 e. The molecule has 1 aromatic heterocycles. The molecule has 0 saturated carbocycles. The molecule has 0 aliphatic carbocycles. The van der Waals surface area contributed by atoms with Crippen LogP contribution in [0.2, 0.25) is 0 Å².